The number of carbonyl (C=O) groups is 2. The minimum absolute atomic E-state index is 0.186. The van der Waals surface area contributed by atoms with E-state index in [1.165, 1.54) is 12.1 Å². The normalized spacial score (nSPS) is 21.3. The van der Waals surface area contributed by atoms with Crippen LogP contribution in [0.1, 0.15) is 46.8 Å². The summed E-state index contributed by atoms with van der Waals surface area (Å²) in [5.41, 5.74) is 1.06. The van der Waals surface area contributed by atoms with Crippen molar-refractivity contribution in [3.8, 4) is 0 Å². The summed E-state index contributed by atoms with van der Waals surface area (Å²) in [5, 5.41) is 0. The molecule has 2 saturated heterocycles. The predicted octanol–water partition coefficient (Wildman–Crippen LogP) is 5.04. The van der Waals surface area contributed by atoms with Gasteiger partial charge in [-0.25, -0.2) is 4.79 Å². The number of amides is 2. The van der Waals surface area contributed by atoms with Crippen molar-refractivity contribution in [2.45, 2.75) is 37.6 Å². The predicted molar refractivity (Wildman–Crippen MR) is 115 cm³/mol. The molecule has 2 fully saturated rings. The number of anilines is 1. The van der Waals surface area contributed by atoms with Crippen LogP contribution in [0.2, 0.25) is 0 Å². The first-order valence-corrected chi connectivity index (χ1v) is 10.8. The van der Waals surface area contributed by atoms with Gasteiger partial charge in [0.05, 0.1) is 24.8 Å². The van der Waals surface area contributed by atoms with E-state index in [1.54, 1.807) is 16.9 Å². The van der Waals surface area contributed by atoms with E-state index in [1.807, 2.05) is 24.3 Å². The minimum atomic E-state index is -4.44. The lowest BCUT2D eigenvalue weighted by atomic mass is 9.94. The first kappa shape index (κ1) is 23.1. The molecule has 0 spiro atoms. The van der Waals surface area contributed by atoms with Crippen molar-refractivity contribution in [3.05, 3.63) is 65.2 Å². The summed E-state index contributed by atoms with van der Waals surface area (Å²) < 4.78 is 48.9. The van der Waals surface area contributed by atoms with Crippen LogP contribution >= 0.6 is 0 Å². The molecule has 4 rings (SSSR count). The van der Waals surface area contributed by atoms with Gasteiger partial charge in [-0.05, 0) is 61.2 Å². The number of nitrogens with zero attached hydrogens (tertiary/aromatic N) is 2. The van der Waals surface area contributed by atoms with Gasteiger partial charge in [-0.15, -0.1) is 0 Å². The summed E-state index contributed by atoms with van der Waals surface area (Å²) in [6.45, 7) is 1.25. The van der Waals surface area contributed by atoms with Crippen LogP contribution in [0.5, 0.6) is 0 Å². The number of methoxy groups -OCH3 is 1. The Kier molecular flexibility index (Phi) is 6.60. The molecule has 2 heterocycles. The van der Waals surface area contributed by atoms with Gasteiger partial charge >= 0.3 is 12.3 Å². The second-order valence-electron chi connectivity index (χ2n) is 8.25. The van der Waals surface area contributed by atoms with Crippen LogP contribution in [-0.4, -0.2) is 49.8 Å². The Morgan fingerprint density at radius 3 is 2.42 bits per heavy atom. The fourth-order valence-electron chi connectivity index (χ4n) is 4.37. The van der Waals surface area contributed by atoms with Crippen LogP contribution in [0.4, 0.5) is 23.7 Å². The molecule has 2 amide bonds. The van der Waals surface area contributed by atoms with Gasteiger partial charge in [-0.1, -0.05) is 12.1 Å². The summed E-state index contributed by atoms with van der Waals surface area (Å²) in [6.07, 6.45) is -2.66. The smallest absolute Gasteiger partial charge is 0.416 e. The summed E-state index contributed by atoms with van der Waals surface area (Å²) in [7, 11) is 1.55. The highest BCUT2D eigenvalue weighted by Gasteiger charge is 2.34. The zero-order valence-corrected chi connectivity index (χ0v) is 18.2. The average molecular weight is 462 g/mol. The van der Waals surface area contributed by atoms with Gasteiger partial charge in [-0.2, -0.15) is 13.2 Å². The van der Waals surface area contributed by atoms with E-state index in [-0.39, 0.29) is 23.6 Å². The Labute approximate surface area is 189 Å². The Hall–Kier alpha value is -3.07. The quantitative estimate of drug-likeness (QED) is 0.625. The van der Waals surface area contributed by atoms with E-state index in [4.69, 9.17) is 9.47 Å². The van der Waals surface area contributed by atoms with Crippen LogP contribution in [-0.2, 0) is 15.7 Å². The van der Waals surface area contributed by atoms with Crippen molar-refractivity contribution in [2.75, 3.05) is 31.7 Å². The summed E-state index contributed by atoms with van der Waals surface area (Å²) in [6, 6.07) is 11.6. The summed E-state index contributed by atoms with van der Waals surface area (Å²) >= 11 is 0. The van der Waals surface area contributed by atoms with Crippen molar-refractivity contribution >= 4 is 17.7 Å². The number of piperidine rings is 1. The van der Waals surface area contributed by atoms with Gasteiger partial charge in [0.25, 0.3) is 5.91 Å². The lowest BCUT2D eigenvalue weighted by molar-refractivity contribution is -0.137. The summed E-state index contributed by atoms with van der Waals surface area (Å²) in [4.78, 5) is 28.5. The maximum absolute atomic E-state index is 13.1. The number of cyclic esters (lactones) is 1. The number of ether oxygens (including phenoxy) is 2. The fraction of sp³-hybridized carbons (Fsp3) is 0.417. The number of carbonyl (C=O) groups excluding carboxylic acids is 2. The second-order valence-corrected chi connectivity index (χ2v) is 8.25. The molecule has 0 N–H and O–H groups in total. The molecule has 0 aromatic heterocycles. The standard InChI is InChI=1S/C24H25F3N2O4/c1-32-15-20-14-29(23(31)33-20)19-11-7-16(8-12-19)21-4-2-3-13-28(21)22(30)17-5-9-18(10-6-17)24(25,26)27/h5-12,20-21H,2-4,13-15H2,1H3. The van der Waals surface area contributed by atoms with Crippen molar-refractivity contribution in [3.63, 3.8) is 0 Å². The molecule has 33 heavy (non-hydrogen) atoms. The Bertz CT molecular complexity index is 992. The van der Waals surface area contributed by atoms with Crippen molar-refractivity contribution < 1.29 is 32.2 Å². The van der Waals surface area contributed by atoms with Crippen molar-refractivity contribution in [2.24, 2.45) is 0 Å². The topological polar surface area (TPSA) is 59.1 Å². The molecule has 0 bridgehead atoms. The highest BCUT2D eigenvalue weighted by Crippen LogP contribution is 2.34. The highest BCUT2D eigenvalue weighted by molar-refractivity contribution is 5.94. The third kappa shape index (κ3) is 4.98. The SMILES string of the molecule is COCC1CN(c2ccc(C3CCCCN3C(=O)c3ccc(C(F)(F)F)cc3)cc2)C(=O)O1. The molecule has 2 aromatic carbocycles. The number of alkyl halides is 3. The molecule has 6 nitrogen and oxygen atoms in total. The number of benzene rings is 2. The molecule has 9 heteroatoms. The van der Waals surface area contributed by atoms with Gasteiger partial charge in [0.2, 0.25) is 0 Å². The van der Waals surface area contributed by atoms with E-state index in [0.29, 0.717) is 25.4 Å². The Morgan fingerprint density at radius 2 is 1.79 bits per heavy atom. The van der Waals surface area contributed by atoms with E-state index in [0.717, 1.165) is 37.0 Å². The maximum Gasteiger partial charge on any atom is 0.416 e. The van der Waals surface area contributed by atoms with Gasteiger partial charge in [0.1, 0.15) is 6.10 Å². The largest absolute Gasteiger partial charge is 0.441 e. The van der Waals surface area contributed by atoms with Crippen LogP contribution in [0.15, 0.2) is 48.5 Å². The number of likely N-dealkylation sites (tertiary alicyclic amines) is 1. The number of hydrogen-bond acceptors (Lipinski definition) is 4. The number of halogens is 3. The molecular weight excluding hydrogens is 437 g/mol. The van der Waals surface area contributed by atoms with Crippen LogP contribution in [0.3, 0.4) is 0 Å². The Balaban J connectivity index is 1.50. The monoisotopic (exact) mass is 462 g/mol. The third-order valence-corrected chi connectivity index (χ3v) is 6.04. The molecule has 2 aliphatic heterocycles. The molecule has 0 aliphatic carbocycles. The fourth-order valence-corrected chi connectivity index (χ4v) is 4.37. The van der Waals surface area contributed by atoms with Gasteiger partial charge in [0.15, 0.2) is 0 Å². The van der Waals surface area contributed by atoms with Crippen LogP contribution < -0.4 is 4.90 Å². The number of hydrogen-bond donors (Lipinski definition) is 0. The maximum atomic E-state index is 13.1. The second kappa shape index (κ2) is 9.43. The van der Waals surface area contributed by atoms with E-state index < -0.39 is 17.8 Å². The van der Waals surface area contributed by atoms with Crippen LogP contribution in [0, 0.1) is 0 Å². The van der Waals surface area contributed by atoms with E-state index in [9.17, 15) is 22.8 Å². The summed E-state index contributed by atoms with van der Waals surface area (Å²) in [5.74, 6) is -0.289. The van der Waals surface area contributed by atoms with E-state index >= 15 is 0 Å². The molecule has 0 radical (unpaired) electrons. The molecular formula is C24H25F3N2O4. The minimum Gasteiger partial charge on any atom is -0.441 e. The number of rotatable bonds is 5. The van der Waals surface area contributed by atoms with E-state index in [2.05, 4.69) is 0 Å². The highest BCUT2D eigenvalue weighted by atomic mass is 19.4. The first-order valence-electron chi connectivity index (χ1n) is 10.8. The van der Waals surface area contributed by atoms with Gasteiger partial charge in [0, 0.05) is 24.9 Å². The molecule has 0 saturated carbocycles. The molecule has 2 unspecified atom stereocenters. The van der Waals surface area contributed by atoms with Crippen molar-refractivity contribution in [1.82, 2.24) is 4.90 Å². The molecule has 2 atom stereocenters. The zero-order valence-electron chi connectivity index (χ0n) is 18.2. The zero-order chi connectivity index (χ0) is 23.6. The third-order valence-electron chi connectivity index (χ3n) is 6.04. The lowest BCUT2D eigenvalue weighted by Gasteiger charge is -2.36. The van der Waals surface area contributed by atoms with Crippen LogP contribution in [0.25, 0.3) is 0 Å². The van der Waals surface area contributed by atoms with Gasteiger partial charge < -0.3 is 14.4 Å². The molecule has 2 aromatic rings. The average Bonchev–Trinajstić information content (AvgIpc) is 3.18. The lowest BCUT2D eigenvalue weighted by Crippen LogP contribution is -2.38. The molecule has 2 aliphatic rings. The molecule has 176 valence electrons. The first-order chi connectivity index (χ1) is 15.8. The van der Waals surface area contributed by atoms with Crippen molar-refractivity contribution in [1.29, 1.82) is 0 Å². The van der Waals surface area contributed by atoms with Gasteiger partial charge in [-0.3, -0.25) is 9.69 Å². The Morgan fingerprint density at radius 1 is 1.09 bits per heavy atom.